The fraction of sp³-hybridized carbons (Fsp3) is 0.643. The third-order valence-corrected chi connectivity index (χ3v) is 6.78. The number of carbonyl (C=O) groups is 3. The predicted octanol–water partition coefficient (Wildman–Crippen LogP) is 3.29. The van der Waals surface area contributed by atoms with Gasteiger partial charge in [-0.25, -0.2) is 9.59 Å². The van der Waals surface area contributed by atoms with Crippen molar-refractivity contribution >= 4 is 29.3 Å². The second-order valence-electron chi connectivity index (χ2n) is 11.1. The first-order chi connectivity index (χ1) is 17.8. The van der Waals surface area contributed by atoms with Gasteiger partial charge in [-0.15, -0.1) is 0 Å². The lowest BCUT2D eigenvalue weighted by molar-refractivity contribution is -0.121. The van der Waals surface area contributed by atoms with Crippen LogP contribution in [0.1, 0.15) is 70.9 Å². The summed E-state index contributed by atoms with van der Waals surface area (Å²) in [6.07, 6.45) is 2.57. The molecule has 1 aromatic carbocycles. The predicted molar refractivity (Wildman–Crippen MR) is 150 cm³/mol. The zero-order chi connectivity index (χ0) is 28.6. The zero-order valence-corrected chi connectivity index (χ0v) is 24.2. The Morgan fingerprint density at radius 1 is 1.13 bits per heavy atom. The summed E-state index contributed by atoms with van der Waals surface area (Å²) in [6, 6.07) is 5.10. The summed E-state index contributed by atoms with van der Waals surface area (Å²) in [5.74, 6) is 0.00707. The standard InChI is InChI=1S/C28H45N5O5/c1-20(15-18-30(6)16-10-17-31(7)27(37)38-28(2,3)4)22-11-9-12-23-25(22)32(8)26(36)33(23)21(19-34)13-14-24(35)29-5/h9,11-12,19-21H,10,13-18H2,1-8H3,(H,29,35). The molecule has 212 valence electrons. The van der Waals surface area contributed by atoms with Crippen molar-refractivity contribution in [3.05, 3.63) is 34.2 Å². The minimum Gasteiger partial charge on any atom is -0.444 e. The van der Waals surface area contributed by atoms with E-state index in [9.17, 15) is 19.2 Å². The van der Waals surface area contributed by atoms with E-state index in [-0.39, 0.29) is 36.4 Å². The molecule has 2 atom stereocenters. The summed E-state index contributed by atoms with van der Waals surface area (Å²) in [6.45, 7) is 10.0. The van der Waals surface area contributed by atoms with Crippen molar-refractivity contribution in [3.8, 4) is 0 Å². The molecule has 0 aliphatic rings. The van der Waals surface area contributed by atoms with Crippen molar-refractivity contribution in [3.63, 3.8) is 0 Å². The molecule has 0 aliphatic carbocycles. The summed E-state index contributed by atoms with van der Waals surface area (Å²) in [4.78, 5) is 52.8. The maximum absolute atomic E-state index is 13.2. The first-order valence-electron chi connectivity index (χ1n) is 13.3. The molecule has 10 nitrogen and oxygen atoms in total. The van der Waals surface area contributed by atoms with E-state index in [4.69, 9.17) is 4.74 Å². The van der Waals surface area contributed by atoms with Crippen molar-refractivity contribution in [1.29, 1.82) is 0 Å². The van der Waals surface area contributed by atoms with Crippen LogP contribution in [0.25, 0.3) is 11.0 Å². The molecule has 1 aromatic heterocycles. The van der Waals surface area contributed by atoms with Crippen molar-refractivity contribution in [2.24, 2.45) is 7.05 Å². The van der Waals surface area contributed by atoms with Crippen LogP contribution in [-0.2, 0) is 21.4 Å². The third kappa shape index (κ3) is 8.18. The molecular weight excluding hydrogens is 486 g/mol. The number of carbonyl (C=O) groups excluding carboxylic acids is 3. The monoisotopic (exact) mass is 531 g/mol. The Labute approximate surface area is 225 Å². The molecule has 0 saturated heterocycles. The van der Waals surface area contributed by atoms with Crippen LogP contribution in [0, 0.1) is 0 Å². The highest BCUT2D eigenvalue weighted by atomic mass is 16.6. The van der Waals surface area contributed by atoms with E-state index in [0.717, 1.165) is 43.3 Å². The Morgan fingerprint density at radius 2 is 1.82 bits per heavy atom. The molecular formula is C28H45N5O5. The molecule has 0 fully saturated rings. The first-order valence-corrected chi connectivity index (χ1v) is 13.3. The fourth-order valence-corrected chi connectivity index (χ4v) is 4.54. The number of nitrogens with zero attached hydrogens (tertiary/aromatic N) is 4. The topological polar surface area (TPSA) is 106 Å². The molecule has 10 heteroatoms. The lowest BCUT2D eigenvalue weighted by atomic mass is 9.96. The number of rotatable bonds is 13. The van der Waals surface area contributed by atoms with Gasteiger partial charge < -0.3 is 24.6 Å². The van der Waals surface area contributed by atoms with Crippen LogP contribution < -0.4 is 11.0 Å². The molecule has 2 aromatic rings. The number of hydrogen-bond acceptors (Lipinski definition) is 6. The maximum atomic E-state index is 13.2. The Kier molecular flexibility index (Phi) is 11.1. The van der Waals surface area contributed by atoms with Gasteiger partial charge in [-0.2, -0.15) is 0 Å². The molecule has 0 bridgehead atoms. The highest BCUT2D eigenvalue weighted by Crippen LogP contribution is 2.29. The van der Waals surface area contributed by atoms with E-state index in [2.05, 4.69) is 24.2 Å². The van der Waals surface area contributed by atoms with Crippen LogP contribution in [0.15, 0.2) is 23.0 Å². The molecule has 0 radical (unpaired) electrons. The lowest BCUT2D eigenvalue weighted by Crippen LogP contribution is -2.35. The van der Waals surface area contributed by atoms with Gasteiger partial charge in [0.15, 0.2) is 0 Å². The molecule has 2 rings (SSSR count). The van der Waals surface area contributed by atoms with Crippen LogP contribution in [0.3, 0.4) is 0 Å². The average molecular weight is 532 g/mol. The molecule has 0 aliphatic heterocycles. The minimum atomic E-state index is -0.709. The highest BCUT2D eigenvalue weighted by molar-refractivity contribution is 5.82. The minimum absolute atomic E-state index is 0.165. The van der Waals surface area contributed by atoms with Gasteiger partial charge in [0.2, 0.25) is 5.91 Å². The van der Waals surface area contributed by atoms with Gasteiger partial charge in [0, 0.05) is 34.1 Å². The number of hydrogen-bond donors (Lipinski definition) is 1. The summed E-state index contributed by atoms with van der Waals surface area (Å²) in [7, 11) is 7.09. The number of nitrogens with one attached hydrogen (secondary N) is 1. The molecule has 2 unspecified atom stereocenters. The van der Waals surface area contributed by atoms with Gasteiger partial charge in [0.1, 0.15) is 11.9 Å². The molecule has 38 heavy (non-hydrogen) atoms. The van der Waals surface area contributed by atoms with Crippen molar-refractivity contribution < 1.29 is 19.1 Å². The SMILES string of the molecule is CNC(=O)CCC(C=O)n1c(=O)n(C)c2c(C(C)CCN(C)CCCN(C)C(=O)OC(C)(C)C)cccc21. The summed E-state index contributed by atoms with van der Waals surface area (Å²) in [5, 5.41) is 2.56. The number of benzene rings is 1. The van der Waals surface area contributed by atoms with Crippen molar-refractivity contribution in [2.45, 2.75) is 70.9 Å². The molecule has 0 saturated carbocycles. The maximum Gasteiger partial charge on any atom is 0.410 e. The number of aldehydes is 1. The number of ether oxygens (including phenoxy) is 1. The molecule has 1 heterocycles. The zero-order valence-electron chi connectivity index (χ0n) is 24.2. The number of fused-ring (bicyclic) bond motifs is 1. The largest absolute Gasteiger partial charge is 0.444 e. The average Bonchev–Trinajstić information content (AvgIpc) is 3.11. The van der Waals surface area contributed by atoms with Crippen LogP contribution >= 0.6 is 0 Å². The lowest BCUT2D eigenvalue weighted by Gasteiger charge is -2.25. The van der Waals surface area contributed by atoms with Gasteiger partial charge in [-0.1, -0.05) is 19.1 Å². The van der Waals surface area contributed by atoms with Crippen molar-refractivity contribution in [2.75, 3.05) is 40.8 Å². The number of aryl methyl sites for hydroxylation is 1. The number of para-hydroxylation sites is 1. The van der Waals surface area contributed by atoms with Crippen LogP contribution in [0.2, 0.25) is 0 Å². The molecule has 2 amide bonds. The van der Waals surface area contributed by atoms with E-state index in [0.29, 0.717) is 12.1 Å². The van der Waals surface area contributed by atoms with Gasteiger partial charge in [0.25, 0.3) is 0 Å². The Morgan fingerprint density at radius 3 is 2.42 bits per heavy atom. The summed E-state index contributed by atoms with van der Waals surface area (Å²) in [5.41, 5.74) is 1.80. The number of amides is 2. The van der Waals surface area contributed by atoms with Gasteiger partial charge >= 0.3 is 11.8 Å². The van der Waals surface area contributed by atoms with Crippen LogP contribution in [-0.4, -0.2) is 83.6 Å². The third-order valence-electron chi connectivity index (χ3n) is 6.78. The second-order valence-corrected chi connectivity index (χ2v) is 11.1. The smallest absolute Gasteiger partial charge is 0.410 e. The van der Waals surface area contributed by atoms with Gasteiger partial charge in [0.05, 0.1) is 17.1 Å². The van der Waals surface area contributed by atoms with Crippen LogP contribution in [0.5, 0.6) is 0 Å². The molecule has 1 N–H and O–H groups in total. The van der Waals surface area contributed by atoms with Gasteiger partial charge in [-0.05, 0) is 77.7 Å². The van der Waals surface area contributed by atoms with Crippen molar-refractivity contribution in [1.82, 2.24) is 24.3 Å². The van der Waals surface area contributed by atoms with Crippen LogP contribution in [0.4, 0.5) is 4.79 Å². The van der Waals surface area contributed by atoms with E-state index in [1.165, 1.54) is 4.57 Å². The molecule has 0 spiro atoms. The number of aromatic nitrogens is 2. The fourth-order valence-electron chi connectivity index (χ4n) is 4.54. The Balaban J connectivity index is 2.06. The second kappa shape index (κ2) is 13.6. The Hall–Kier alpha value is -3.14. The summed E-state index contributed by atoms with van der Waals surface area (Å²) < 4.78 is 8.51. The first kappa shape index (κ1) is 31.1. The Bertz CT molecular complexity index is 1160. The number of imidazole rings is 1. The summed E-state index contributed by atoms with van der Waals surface area (Å²) >= 11 is 0. The normalized spacial score (nSPS) is 13.4. The van der Waals surface area contributed by atoms with Gasteiger partial charge in [-0.3, -0.25) is 13.9 Å². The highest BCUT2D eigenvalue weighted by Gasteiger charge is 2.23. The van der Waals surface area contributed by atoms with E-state index in [1.807, 2.05) is 39.0 Å². The van der Waals surface area contributed by atoms with E-state index < -0.39 is 11.6 Å². The quantitative estimate of drug-likeness (QED) is 0.398. The van der Waals surface area contributed by atoms with E-state index >= 15 is 0 Å². The van der Waals surface area contributed by atoms with E-state index in [1.54, 1.807) is 30.6 Å².